The Morgan fingerprint density at radius 2 is 2.11 bits per heavy atom. The van der Waals surface area contributed by atoms with E-state index >= 15 is 0 Å². The van der Waals surface area contributed by atoms with Crippen molar-refractivity contribution >= 4 is 0 Å². The van der Waals surface area contributed by atoms with Crippen LogP contribution in [0.3, 0.4) is 0 Å². The van der Waals surface area contributed by atoms with E-state index < -0.39 is 0 Å². The Labute approximate surface area is 108 Å². The van der Waals surface area contributed by atoms with E-state index in [1.54, 1.807) is 6.07 Å². The Morgan fingerprint density at radius 3 is 2.67 bits per heavy atom. The van der Waals surface area contributed by atoms with E-state index in [9.17, 15) is 9.50 Å². The predicted octanol–water partition coefficient (Wildman–Crippen LogP) is 2.51. The van der Waals surface area contributed by atoms with E-state index in [0.717, 1.165) is 24.9 Å². The highest BCUT2D eigenvalue weighted by atomic mass is 19.1. The van der Waals surface area contributed by atoms with Crippen LogP contribution in [-0.4, -0.2) is 24.3 Å². The average Bonchev–Trinajstić information content (AvgIpc) is 2.31. The molecule has 18 heavy (non-hydrogen) atoms. The standard InChI is InChI=1S/C15H22FNO/c1-12(9-13-5-2-3-6-14(13)16)17-10-15(11-18)7-4-8-15/h2-3,5-6,12,17-18H,4,7-11H2,1H3/t12-/m0/s1. The molecule has 0 aliphatic heterocycles. The van der Waals surface area contributed by atoms with Crippen LogP contribution in [-0.2, 0) is 6.42 Å². The number of aliphatic hydroxyl groups excluding tert-OH is 1. The highest BCUT2D eigenvalue weighted by Gasteiger charge is 2.36. The molecule has 1 saturated carbocycles. The molecule has 3 heteroatoms. The van der Waals surface area contributed by atoms with Gasteiger partial charge >= 0.3 is 0 Å². The van der Waals surface area contributed by atoms with Gasteiger partial charge in [0.1, 0.15) is 5.82 Å². The van der Waals surface area contributed by atoms with Crippen LogP contribution < -0.4 is 5.32 Å². The fraction of sp³-hybridized carbons (Fsp3) is 0.600. The summed E-state index contributed by atoms with van der Waals surface area (Å²) in [4.78, 5) is 0. The van der Waals surface area contributed by atoms with E-state index in [1.807, 2.05) is 12.1 Å². The summed E-state index contributed by atoms with van der Waals surface area (Å²) in [7, 11) is 0. The molecule has 0 saturated heterocycles. The zero-order valence-electron chi connectivity index (χ0n) is 11.0. The molecular weight excluding hydrogens is 229 g/mol. The molecule has 0 aromatic heterocycles. The number of hydrogen-bond acceptors (Lipinski definition) is 2. The average molecular weight is 251 g/mol. The van der Waals surface area contributed by atoms with E-state index in [0.29, 0.717) is 6.42 Å². The Kier molecular flexibility index (Phi) is 4.36. The van der Waals surface area contributed by atoms with Gasteiger partial charge < -0.3 is 10.4 Å². The maximum atomic E-state index is 13.5. The lowest BCUT2D eigenvalue weighted by Crippen LogP contribution is -2.45. The van der Waals surface area contributed by atoms with Gasteiger partial charge in [-0.05, 0) is 37.8 Å². The van der Waals surface area contributed by atoms with Gasteiger partial charge in [0.25, 0.3) is 0 Å². The van der Waals surface area contributed by atoms with Crippen molar-refractivity contribution < 1.29 is 9.50 Å². The normalized spacial score (nSPS) is 19.3. The summed E-state index contributed by atoms with van der Waals surface area (Å²) in [5, 5.41) is 12.8. The van der Waals surface area contributed by atoms with Crippen LogP contribution in [0.15, 0.2) is 24.3 Å². The first-order valence-electron chi connectivity index (χ1n) is 6.73. The van der Waals surface area contributed by atoms with Crippen molar-refractivity contribution in [2.24, 2.45) is 5.41 Å². The van der Waals surface area contributed by atoms with Crippen molar-refractivity contribution in [1.29, 1.82) is 0 Å². The van der Waals surface area contributed by atoms with Crippen molar-refractivity contribution in [2.75, 3.05) is 13.2 Å². The molecule has 100 valence electrons. The van der Waals surface area contributed by atoms with Gasteiger partial charge in [0.15, 0.2) is 0 Å². The second-order valence-corrected chi connectivity index (χ2v) is 5.59. The van der Waals surface area contributed by atoms with Gasteiger partial charge in [-0.15, -0.1) is 0 Å². The Bertz CT molecular complexity index is 384. The first-order valence-corrected chi connectivity index (χ1v) is 6.73. The van der Waals surface area contributed by atoms with Crippen LogP contribution in [0.1, 0.15) is 31.7 Å². The van der Waals surface area contributed by atoms with Gasteiger partial charge in [-0.2, -0.15) is 0 Å². The third-order valence-electron chi connectivity index (χ3n) is 4.06. The summed E-state index contributed by atoms with van der Waals surface area (Å²) < 4.78 is 13.5. The molecule has 1 atom stereocenters. The maximum Gasteiger partial charge on any atom is 0.126 e. The molecular formula is C15H22FNO. The Balaban J connectivity index is 1.82. The number of nitrogens with one attached hydrogen (secondary N) is 1. The number of benzene rings is 1. The molecule has 1 fully saturated rings. The molecule has 2 rings (SSSR count). The third-order valence-corrected chi connectivity index (χ3v) is 4.06. The lowest BCUT2D eigenvalue weighted by Gasteiger charge is -2.41. The molecule has 2 N–H and O–H groups in total. The molecule has 0 unspecified atom stereocenters. The smallest absolute Gasteiger partial charge is 0.126 e. The second kappa shape index (κ2) is 5.81. The minimum atomic E-state index is -0.133. The molecule has 0 radical (unpaired) electrons. The monoisotopic (exact) mass is 251 g/mol. The molecule has 1 aromatic rings. The molecule has 0 bridgehead atoms. The second-order valence-electron chi connectivity index (χ2n) is 5.59. The van der Waals surface area contributed by atoms with E-state index in [1.165, 1.54) is 12.5 Å². The molecule has 1 aliphatic carbocycles. The minimum absolute atomic E-state index is 0.0868. The quantitative estimate of drug-likeness (QED) is 0.814. The van der Waals surface area contributed by atoms with Gasteiger partial charge in [-0.25, -0.2) is 4.39 Å². The van der Waals surface area contributed by atoms with Gasteiger partial charge in [0, 0.05) is 24.6 Å². The summed E-state index contributed by atoms with van der Waals surface area (Å²) in [6, 6.07) is 7.14. The summed E-state index contributed by atoms with van der Waals surface area (Å²) in [6.45, 7) is 3.15. The fourth-order valence-electron chi connectivity index (χ4n) is 2.52. The number of aliphatic hydroxyl groups is 1. The third kappa shape index (κ3) is 3.09. The molecule has 0 heterocycles. The fourth-order valence-corrected chi connectivity index (χ4v) is 2.52. The minimum Gasteiger partial charge on any atom is -0.396 e. The van der Waals surface area contributed by atoms with Crippen molar-refractivity contribution in [3.63, 3.8) is 0 Å². The Morgan fingerprint density at radius 1 is 1.39 bits per heavy atom. The summed E-state index contributed by atoms with van der Waals surface area (Å²) >= 11 is 0. The van der Waals surface area contributed by atoms with Crippen LogP contribution >= 0.6 is 0 Å². The summed E-state index contributed by atoms with van der Waals surface area (Å²) in [6.07, 6.45) is 4.10. The van der Waals surface area contributed by atoms with Gasteiger partial charge in [-0.3, -0.25) is 0 Å². The van der Waals surface area contributed by atoms with Gasteiger partial charge in [-0.1, -0.05) is 24.6 Å². The largest absolute Gasteiger partial charge is 0.396 e. The van der Waals surface area contributed by atoms with Crippen LogP contribution in [0.2, 0.25) is 0 Å². The lowest BCUT2D eigenvalue weighted by molar-refractivity contribution is 0.0425. The first-order chi connectivity index (χ1) is 8.65. The van der Waals surface area contributed by atoms with Crippen LogP contribution in [0.4, 0.5) is 4.39 Å². The molecule has 1 aliphatic rings. The number of rotatable bonds is 6. The van der Waals surface area contributed by atoms with Gasteiger partial charge in [0.2, 0.25) is 0 Å². The summed E-state index contributed by atoms with van der Waals surface area (Å²) in [5.41, 5.74) is 0.841. The lowest BCUT2D eigenvalue weighted by atomic mass is 9.69. The highest BCUT2D eigenvalue weighted by molar-refractivity contribution is 5.18. The van der Waals surface area contributed by atoms with E-state index in [2.05, 4.69) is 12.2 Å². The van der Waals surface area contributed by atoms with Gasteiger partial charge in [0.05, 0.1) is 0 Å². The zero-order chi connectivity index (χ0) is 13.0. The Hall–Kier alpha value is -0.930. The van der Waals surface area contributed by atoms with Crippen LogP contribution in [0.25, 0.3) is 0 Å². The predicted molar refractivity (Wildman–Crippen MR) is 70.9 cm³/mol. The SMILES string of the molecule is C[C@@H](Cc1ccccc1F)NCC1(CO)CCC1. The topological polar surface area (TPSA) is 32.3 Å². The molecule has 1 aromatic carbocycles. The number of hydrogen-bond donors (Lipinski definition) is 2. The van der Waals surface area contributed by atoms with Crippen molar-refractivity contribution in [2.45, 2.75) is 38.6 Å². The van der Waals surface area contributed by atoms with Crippen LogP contribution in [0, 0.1) is 11.2 Å². The number of halogens is 1. The van der Waals surface area contributed by atoms with Crippen molar-refractivity contribution in [1.82, 2.24) is 5.32 Å². The molecule has 2 nitrogen and oxygen atoms in total. The zero-order valence-corrected chi connectivity index (χ0v) is 11.0. The first kappa shape index (κ1) is 13.5. The highest BCUT2D eigenvalue weighted by Crippen LogP contribution is 2.39. The molecule has 0 spiro atoms. The van der Waals surface area contributed by atoms with E-state index in [4.69, 9.17) is 0 Å². The maximum absolute atomic E-state index is 13.5. The molecule has 0 amide bonds. The van der Waals surface area contributed by atoms with E-state index in [-0.39, 0.29) is 23.9 Å². The van der Waals surface area contributed by atoms with Crippen molar-refractivity contribution in [3.8, 4) is 0 Å². The van der Waals surface area contributed by atoms with Crippen LogP contribution in [0.5, 0.6) is 0 Å². The summed E-state index contributed by atoms with van der Waals surface area (Å²) in [5.74, 6) is -0.133. The van der Waals surface area contributed by atoms with Crippen molar-refractivity contribution in [3.05, 3.63) is 35.6 Å².